The van der Waals surface area contributed by atoms with Gasteiger partial charge < -0.3 is 11.5 Å². The van der Waals surface area contributed by atoms with Crippen LogP contribution in [0.1, 0.15) is 18.4 Å². The summed E-state index contributed by atoms with van der Waals surface area (Å²) >= 11 is 0. The Labute approximate surface area is 67.2 Å². The van der Waals surface area contributed by atoms with E-state index < -0.39 is 0 Å². The predicted molar refractivity (Wildman–Crippen MR) is 48.3 cm³/mol. The molecule has 0 spiro atoms. The Kier molecular flexibility index (Phi) is 2.49. The van der Waals surface area contributed by atoms with Crippen LogP contribution in [0, 0.1) is 0 Å². The van der Waals surface area contributed by atoms with E-state index >= 15 is 0 Å². The van der Waals surface area contributed by atoms with Crippen LogP contribution >= 0.6 is 0 Å². The lowest BCUT2D eigenvalue weighted by Gasteiger charge is -2.07. The van der Waals surface area contributed by atoms with Gasteiger partial charge in [-0.05, 0) is 30.2 Å². The van der Waals surface area contributed by atoms with Crippen molar-refractivity contribution >= 4 is 5.69 Å². The Morgan fingerprint density at radius 2 is 1.82 bits per heavy atom. The molecule has 0 aliphatic heterocycles. The first-order valence-corrected chi connectivity index (χ1v) is 3.79. The molecule has 11 heavy (non-hydrogen) atoms. The van der Waals surface area contributed by atoms with Crippen molar-refractivity contribution in [3.8, 4) is 0 Å². The molecule has 1 aromatic rings. The van der Waals surface area contributed by atoms with Crippen LogP contribution in [-0.2, 0) is 0 Å². The smallest absolute Gasteiger partial charge is 0.0314 e. The minimum atomic E-state index is 0.426. The van der Waals surface area contributed by atoms with Crippen molar-refractivity contribution < 1.29 is 0 Å². The van der Waals surface area contributed by atoms with E-state index in [9.17, 15) is 0 Å². The Hall–Kier alpha value is -1.02. The van der Waals surface area contributed by atoms with Crippen molar-refractivity contribution in [2.24, 2.45) is 5.73 Å². The molecule has 0 fully saturated rings. The van der Waals surface area contributed by atoms with Gasteiger partial charge in [-0.3, -0.25) is 0 Å². The van der Waals surface area contributed by atoms with E-state index in [0.29, 0.717) is 12.5 Å². The highest BCUT2D eigenvalue weighted by molar-refractivity contribution is 5.40. The minimum absolute atomic E-state index is 0.426. The van der Waals surface area contributed by atoms with E-state index in [1.807, 2.05) is 24.3 Å². The maximum absolute atomic E-state index is 5.54. The number of hydrogen-bond acceptors (Lipinski definition) is 2. The molecule has 0 bridgehead atoms. The van der Waals surface area contributed by atoms with Crippen LogP contribution in [0.2, 0.25) is 0 Å². The Morgan fingerprint density at radius 1 is 1.27 bits per heavy atom. The van der Waals surface area contributed by atoms with Crippen LogP contribution in [0.5, 0.6) is 0 Å². The second-order valence-corrected chi connectivity index (χ2v) is 2.80. The maximum Gasteiger partial charge on any atom is 0.0314 e. The number of hydrogen-bond donors (Lipinski definition) is 2. The number of benzene rings is 1. The lowest BCUT2D eigenvalue weighted by atomic mass is 10.0. The fourth-order valence-electron chi connectivity index (χ4n) is 0.961. The Bertz CT molecular complexity index is 216. The summed E-state index contributed by atoms with van der Waals surface area (Å²) in [4.78, 5) is 0. The second-order valence-electron chi connectivity index (χ2n) is 2.80. The first-order valence-electron chi connectivity index (χ1n) is 3.79. The summed E-state index contributed by atoms with van der Waals surface area (Å²) in [6, 6.07) is 7.85. The lowest BCUT2D eigenvalue weighted by molar-refractivity contribution is 0.774. The topological polar surface area (TPSA) is 52.0 Å². The molecule has 0 aliphatic carbocycles. The van der Waals surface area contributed by atoms with E-state index in [-0.39, 0.29) is 0 Å². The van der Waals surface area contributed by atoms with E-state index in [0.717, 1.165) is 5.69 Å². The molecule has 2 nitrogen and oxygen atoms in total. The van der Waals surface area contributed by atoms with Crippen molar-refractivity contribution in [3.63, 3.8) is 0 Å². The van der Waals surface area contributed by atoms with Gasteiger partial charge in [0.15, 0.2) is 0 Å². The molecule has 0 saturated carbocycles. The molecule has 0 radical (unpaired) electrons. The van der Waals surface area contributed by atoms with E-state index in [2.05, 4.69) is 6.92 Å². The van der Waals surface area contributed by atoms with Gasteiger partial charge in [0.1, 0.15) is 0 Å². The fraction of sp³-hybridized carbons (Fsp3) is 0.333. The highest BCUT2D eigenvalue weighted by atomic mass is 14.5. The minimum Gasteiger partial charge on any atom is -0.399 e. The van der Waals surface area contributed by atoms with Crippen molar-refractivity contribution in [1.82, 2.24) is 0 Å². The van der Waals surface area contributed by atoms with Gasteiger partial charge in [-0.25, -0.2) is 0 Å². The van der Waals surface area contributed by atoms with Gasteiger partial charge in [-0.15, -0.1) is 0 Å². The van der Waals surface area contributed by atoms with E-state index in [1.165, 1.54) is 5.56 Å². The third-order valence-electron chi connectivity index (χ3n) is 1.86. The summed E-state index contributed by atoms with van der Waals surface area (Å²) in [5, 5.41) is 0. The molecule has 1 aromatic carbocycles. The van der Waals surface area contributed by atoms with Gasteiger partial charge in [-0.1, -0.05) is 19.1 Å². The maximum atomic E-state index is 5.54. The first kappa shape index (κ1) is 8.08. The third-order valence-corrected chi connectivity index (χ3v) is 1.86. The van der Waals surface area contributed by atoms with Gasteiger partial charge in [0.2, 0.25) is 0 Å². The average Bonchev–Trinajstić information content (AvgIpc) is 2.05. The summed E-state index contributed by atoms with van der Waals surface area (Å²) in [7, 11) is 0. The first-order chi connectivity index (χ1) is 5.24. The standard InChI is InChI=1S/C9H14N2/c1-7(6-10)8-2-4-9(11)5-3-8/h2-5,7H,6,10-11H2,1H3/t7-/m0/s1. The number of rotatable bonds is 2. The molecule has 1 atom stereocenters. The van der Waals surface area contributed by atoms with Crippen LogP contribution in [0.3, 0.4) is 0 Å². The molecule has 0 saturated heterocycles. The molecule has 0 unspecified atom stereocenters. The van der Waals surface area contributed by atoms with Gasteiger partial charge in [0.05, 0.1) is 0 Å². The van der Waals surface area contributed by atoms with Crippen LogP contribution in [-0.4, -0.2) is 6.54 Å². The lowest BCUT2D eigenvalue weighted by Crippen LogP contribution is -2.08. The van der Waals surface area contributed by atoms with Crippen LogP contribution in [0.15, 0.2) is 24.3 Å². The van der Waals surface area contributed by atoms with Gasteiger partial charge in [0.25, 0.3) is 0 Å². The van der Waals surface area contributed by atoms with Crippen LogP contribution in [0.25, 0.3) is 0 Å². The monoisotopic (exact) mass is 150 g/mol. The molecule has 2 heteroatoms. The van der Waals surface area contributed by atoms with Gasteiger partial charge >= 0.3 is 0 Å². The summed E-state index contributed by atoms with van der Waals surface area (Å²) in [6.45, 7) is 2.79. The summed E-state index contributed by atoms with van der Waals surface area (Å²) in [5.41, 5.74) is 13.1. The number of nitrogen functional groups attached to an aromatic ring is 1. The number of anilines is 1. The predicted octanol–water partition coefficient (Wildman–Crippen LogP) is 1.33. The fourth-order valence-corrected chi connectivity index (χ4v) is 0.961. The van der Waals surface area contributed by atoms with Crippen molar-refractivity contribution in [2.45, 2.75) is 12.8 Å². The Morgan fingerprint density at radius 3 is 2.27 bits per heavy atom. The zero-order chi connectivity index (χ0) is 8.27. The normalized spacial score (nSPS) is 12.9. The molecule has 0 aromatic heterocycles. The van der Waals surface area contributed by atoms with Crippen molar-refractivity contribution in [3.05, 3.63) is 29.8 Å². The molecule has 4 N–H and O–H groups in total. The number of nitrogens with two attached hydrogens (primary N) is 2. The van der Waals surface area contributed by atoms with Gasteiger partial charge in [-0.2, -0.15) is 0 Å². The van der Waals surface area contributed by atoms with Crippen molar-refractivity contribution in [1.29, 1.82) is 0 Å². The average molecular weight is 150 g/mol. The SMILES string of the molecule is C[C@@H](CN)c1ccc(N)cc1. The largest absolute Gasteiger partial charge is 0.399 e. The van der Waals surface area contributed by atoms with Gasteiger partial charge in [0, 0.05) is 5.69 Å². The molecule has 1 rings (SSSR count). The van der Waals surface area contributed by atoms with Crippen molar-refractivity contribution in [2.75, 3.05) is 12.3 Å². The molecule has 0 amide bonds. The molecule has 60 valence electrons. The molecular weight excluding hydrogens is 136 g/mol. The highest BCUT2D eigenvalue weighted by Crippen LogP contribution is 2.14. The summed E-state index contributed by atoms with van der Waals surface area (Å²) < 4.78 is 0. The second kappa shape index (κ2) is 3.39. The molecule has 0 heterocycles. The van der Waals surface area contributed by atoms with E-state index in [1.54, 1.807) is 0 Å². The third kappa shape index (κ3) is 1.95. The summed E-state index contributed by atoms with van der Waals surface area (Å²) in [5.74, 6) is 0.426. The highest BCUT2D eigenvalue weighted by Gasteiger charge is 2.00. The molecular formula is C9H14N2. The summed E-state index contributed by atoms with van der Waals surface area (Å²) in [6.07, 6.45) is 0. The zero-order valence-electron chi connectivity index (χ0n) is 6.75. The quantitative estimate of drug-likeness (QED) is 0.625. The molecule has 0 aliphatic rings. The zero-order valence-corrected chi connectivity index (χ0v) is 6.75. The van der Waals surface area contributed by atoms with E-state index in [4.69, 9.17) is 11.5 Å². The van der Waals surface area contributed by atoms with Crippen LogP contribution in [0.4, 0.5) is 5.69 Å². The van der Waals surface area contributed by atoms with Crippen LogP contribution < -0.4 is 11.5 Å². The Balaban J connectivity index is 2.81.